The molecule has 3 N–H and O–H groups in total. The van der Waals surface area contributed by atoms with Crippen LogP contribution in [0, 0.1) is 5.92 Å². The third kappa shape index (κ3) is 8.28. The summed E-state index contributed by atoms with van der Waals surface area (Å²) in [5, 5.41) is 5.59. The van der Waals surface area contributed by atoms with Crippen LogP contribution in [0.2, 0.25) is 0 Å². The minimum absolute atomic E-state index is 0.104. The molecule has 168 valence electrons. The van der Waals surface area contributed by atoms with Gasteiger partial charge in [0.1, 0.15) is 5.75 Å². The molecule has 9 heteroatoms. The lowest BCUT2D eigenvalue weighted by atomic mass is 10.1. The Morgan fingerprint density at radius 1 is 1.06 bits per heavy atom. The molecule has 2 rings (SSSR count). The molecule has 0 radical (unpaired) electrons. The lowest BCUT2D eigenvalue weighted by Crippen LogP contribution is -2.34. The van der Waals surface area contributed by atoms with Crippen LogP contribution in [0.4, 0.5) is 5.69 Å². The van der Waals surface area contributed by atoms with Gasteiger partial charge in [0, 0.05) is 17.3 Å². The Balaban J connectivity index is 1.94. The second-order valence-electron chi connectivity index (χ2n) is 7.77. The van der Waals surface area contributed by atoms with E-state index < -0.39 is 10.0 Å². The zero-order valence-corrected chi connectivity index (χ0v) is 19.8. The normalized spacial score (nSPS) is 11.4. The predicted octanol–water partition coefficient (Wildman–Crippen LogP) is 3.93. The van der Waals surface area contributed by atoms with Gasteiger partial charge < -0.3 is 10.1 Å². The summed E-state index contributed by atoms with van der Waals surface area (Å²) in [5.41, 5.74) is 0.979. The van der Waals surface area contributed by atoms with Gasteiger partial charge in [-0.25, -0.2) is 13.1 Å². The number of hydrogen-bond acceptors (Lipinski definition) is 5. The summed E-state index contributed by atoms with van der Waals surface area (Å²) >= 11 is 5.20. The molecule has 0 aliphatic carbocycles. The van der Waals surface area contributed by atoms with E-state index >= 15 is 0 Å². The highest BCUT2D eigenvalue weighted by molar-refractivity contribution is 7.89. The van der Waals surface area contributed by atoms with Gasteiger partial charge in [0.15, 0.2) is 5.11 Å². The minimum Gasteiger partial charge on any atom is -0.494 e. The van der Waals surface area contributed by atoms with Crippen LogP contribution >= 0.6 is 12.2 Å². The quantitative estimate of drug-likeness (QED) is 0.488. The van der Waals surface area contributed by atoms with Crippen LogP contribution in [0.1, 0.15) is 44.5 Å². The summed E-state index contributed by atoms with van der Waals surface area (Å²) in [6.45, 7) is 8.33. The Morgan fingerprint density at radius 2 is 1.74 bits per heavy atom. The number of nitrogens with one attached hydrogen (secondary N) is 3. The third-order valence-electron chi connectivity index (χ3n) is 4.10. The van der Waals surface area contributed by atoms with Crippen molar-refractivity contribution in [3.8, 4) is 5.75 Å². The largest absolute Gasteiger partial charge is 0.494 e. The average Bonchev–Trinajstić information content (AvgIpc) is 2.67. The summed E-state index contributed by atoms with van der Waals surface area (Å²) in [6, 6.07) is 12.8. The lowest BCUT2D eigenvalue weighted by molar-refractivity contribution is 0.0977. The Kier molecular flexibility index (Phi) is 8.97. The minimum atomic E-state index is -3.57. The van der Waals surface area contributed by atoms with Crippen molar-refractivity contribution >= 4 is 38.9 Å². The summed E-state index contributed by atoms with van der Waals surface area (Å²) in [4.78, 5) is 12.6. The monoisotopic (exact) mass is 463 g/mol. The van der Waals surface area contributed by atoms with Gasteiger partial charge in [-0.05, 0) is 80.9 Å². The van der Waals surface area contributed by atoms with Crippen molar-refractivity contribution < 1.29 is 17.9 Å². The van der Waals surface area contributed by atoms with Gasteiger partial charge >= 0.3 is 0 Å². The highest BCUT2D eigenvalue weighted by atomic mass is 32.2. The maximum absolute atomic E-state index is 12.5. The first-order valence-corrected chi connectivity index (χ1v) is 11.9. The third-order valence-corrected chi connectivity index (χ3v) is 5.98. The molecule has 0 aromatic heterocycles. The first-order valence-electron chi connectivity index (χ1n) is 10.0. The smallest absolute Gasteiger partial charge is 0.257 e. The number of rotatable bonds is 9. The van der Waals surface area contributed by atoms with Crippen LogP contribution in [0.3, 0.4) is 0 Å². The van der Waals surface area contributed by atoms with E-state index in [2.05, 4.69) is 29.2 Å². The Hall–Kier alpha value is -2.49. The van der Waals surface area contributed by atoms with Gasteiger partial charge in [0.05, 0.1) is 11.5 Å². The molecule has 0 saturated heterocycles. The lowest BCUT2D eigenvalue weighted by Gasteiger charge is -2.12. The number of hydrogen-bond donors (Lipinski definition) is 3. The Labute approximate surface area is 189 Å². The summed E-state index contributed by atoms with van der Waals surface area (Å²) in [6.07, 6.45) is 0.929. The molecule has 0 saturated carbocycles. The Bertz CT molecular complexity index is 1000. The van der Waals surface area contributed by atoms with Crippen molar-refractivity contribution in [2.75, 3.05) is 11.9 Å². The number of ether oxygens (including phenoxy) is 1. The SMILES string of the molecule is CC(C)CCOc1cccc(C(=O)NC(=S)Nc2ccc(S(=O)(=O)NC(C)C)cc2)c1. The van der Waals surface area contributed by atoms with Crippen LogP contribution in [0.15, 0.2) is 53.4 Å². The molecule has 0 heterocycles. The van der Waals surface area contributed by atoms with Crippen LogP contribution in [0.25, 0.3) is 0 Å². The maximum atomic E-state index is 12.5. The van der Waals surface area contributed by atoms with E-state index in [-0.39, 0.29) is 22.0 Å². The van der Waals surface area contributed by atoms with Gasteiger partial charge in [-0.2, -0.15) is 0 Å². The van der Waals surface area contributed by atoms with E-state index in [1.165, 1.54) is 12.1 Å². The zero-order valence-electron chi connectivity index (χ0n) is 18.1. The van der Waals surface area contributed by atoms with Gasteiger partial charge in [-0.3, -0.25) is 10.1 Å². The fraction of sp³-hybridized carbons (Fsp3) is 0.364. The second-order valence-corrected chi connectivity index (χ2v) is 9.89. The highest BCUT2D eigenvalue weighted by Gasteiger charge is 2.15. The summed E-state index contributed by atoms with van der Waals surface area (Å²) in [7, 11) is -3.57. The van der Waals surface area contributed by atoms with Crippen LogP contribution in [0.5, 0.6) is 5.75 Å². The van der Waals surface area contributed by atoms with E-state index in [0.717, 1.165) is 6.42 Å². The van der Waals surface area contributed by atoms with Gasteiger partial charge in [0.25, 0.3) is 5.91 Å². The molecular formula is C22H29N3O4S2. The van der Waals surface area contributed by atoms with E-state index in [1.54, 1.807) is 50.2 Å². The first kappa shape index (κ1) is 24.8. The zero-order chi connectivity index (χ0) is 23.0. The number of thiocarbonyl (C=S) groups is 1. The Morgan fingerprint density at radius 3 is 2.35 bits per heavy atom. The number of anilines is 1. The topological polar surface area (TPSA) is 96.5 Å². The number of sulfonamides is 1. The predicted molar refractivity (Wildman–Crippen MR) is 127 cm³/mol. The van der Waals surface area contributed by atoms with E-state index in [4.69, 9.17) is 17.0 Å². The molecule has 31 heavy (non-hydrogen) atoms. The van der Waals surface area contributed by atoms with Crippen molar-refractivity contribution in [1.82, 2.24) is 10.0 Å². The molecule has 0 fully saturated rings. The molecule has 0 aliphatic heterocycles. The van der Waals surface area contributed by atoms with Crippen LogP contribution < -0.4 is 20.1 Å². The molecule has 0 unspecified atom stereocenters. The van der Waals surface area contributed by atoms with E-state index in [9.17, 15) is 13.2 Å². The molecule has 0 spiro atoms. The molecule has 1 amide bonds. The van der Waals surface area contributed by atoms with Crippen molar-refractivity contribution in [3.05, 3.63) is 54.1 Å². The van der Waals surface area contributed by atoms with Crippen molar-refractivity contribution in [2.24, 2.45) is 5.92 Å². The van der Waals surface area contributed by atoms with Gasteiger partial charge in [0.2, 0.25) is 10.0 Å². The standard InChI is InChI=1S/C22H29N3O4S2/c1-15(2)12-13-29-19-7-5-6-17(14-19)21(26)24-22(30)23-18-8-10-20(11-9-18)31(27,28)25-16(3)4/h5-11,14-16,25H,12-13H2,1-4H3,(H2,23,24,26,30). The van der Waals surface area contributed by atoms with Crippen molar-refractivity contribution in [2.45, 2.75) is 45.1 Å². The summed E-state index contributed by atoms with van der Waals surface area (Å²) < 4.78 is 32.6. The van der Waals surface area contributed by atoms with E-state index in [0.29, 0.717) is 29.5 Å². The fourth-order valence-electron chi connectivity index (χ4n) is 2.57. The molecule has 7 nitrogen and oxygen atoms in total. The number of amides is 1. The van der Waals surface area contributed by atoms with Crippen molar-refractivity contribution in [3.63, 3.8) is 0 Å². The highest BCUT2D eigenvalue weighted by Crippen LogP contribution is 2.16. The number of benzene rings is 2. The second kappa shape index (κ2) is 11.2. The van der Waals surface area contributed by atoms with Gasteiger partial charge in [-0.1, -0.05) is 19.9 Å². The van der Waals surface area contributed by atoms with Gasteiger partial charge in [-0.15, -0.1) is 0 Å². The molecule has 0 bridgehead atoms. The van der Waals surface area contributed by atoms with Crippen molar-refractivity contribution in [1.29, 1.82) is 0 Å². The fourth-order valence-corrected chi connectivity index (χ4v) is 4.03. The van der Waals surface area contributed by atoms with Crippen LogP contribution in [-0.2, 0) is 10.0 Å². The maximum Gasteiger partial charge on any atom is 0.257 e. The first-order chi connectivity index (χ1) is 14.6. The summed E-state index contributed by atoms with van der Waals surface area (Å²) in [5.74, 6) is 0.793. The molecule has 0 aliphatic rings. The molecule has 2 aromatic carbocycles. The number of carbonyl (C=O) groups is 1. The van der Waals surface area contributed by atoms with Crippen LogP contribution in [-0.4, -0.2) is 32.1 Å². The molecule has 0 atom stereocenters. The van der Waals surface area contributed by atoms with E-state index in [1.807, 2.05) is 0 Å². The average molecular weight is 464 g/mol. The number of carbonyl (C=O) groups excluding carboxylic acids is 1. The molecule has 2 aromatic rings. The molecular weight excluding hydrogens is 434 g/mol.